The zero-order chi connectivity index (χ0) is 10.0. The first kappa shape index (κ1) is 7.84. The molecule has 14 heavy (non-hydrogen) atoms. The summed E-state index contributed by atoms with van der Waals surface area (Å²) in [6.07, 6.45) is -0.122. The lowest BCUT2D eigenvalue weighted by Gasteiger charge is -2.36. The largest absolute Gasteiger partial charge is 0.393 e. The zero-order valence-corrected chi connectivity index (χ0v) is 7.06. The van der Waals surface area contributed by atoms with Gasteiger partial charge in [0.05, 0.1) is 18.3 Å². The van der Waals surface area contributed by atoms with Crippen LogP contribution in [0, 0.1) is 23.7 Å². The van der Waals surface area contributed by atoms with Gasteiger partial charge in [0.2, 0.25) is 0 Å². The molecular weight excluding hydrogens is 188 g/mol. The van der Waals surface area contributed by atoms with Crippen molar-refractivity contribution >= 4 is 23.5 Å². The van der Waals surface area contributed by atoms with Crippen LogP contribution in [0.25, 0.3) is 0 Å². The molecule has 3 rings (SSSR count). The Morgan fingerprint density at radius 3 is 1.64 bits per heavy atom. The Hall–Kier alpha value is -1.52. The molecule has 1 saturated heterocycles. The van der Waals surface area contributed by atoms with Crippen LogP contribution in [-0.2, 0) is 23.9 Å². The molecule has 0 N–H and O–H groups in total. The van der Waals surface area contributed by atoms with Crippen LogP contribution in [0.4, 0.5) is 0 Å². The van der Waals surface area contributed by atoms with Crippen molar-refractivity contribution in [2.75, 3.05) is 0 Å². The van der Waals surface area contributed by atoms with Gasteiger partial charge >= 0.3 is 11.9 Å². The van der Waals surface area contributed by atoms with Crippen molar-refractivity contribution in [3.8, 4) is 0 Å². The number of ketones is 2. The van der Waals surface area contributed by atoms with Crippen molar-refractivity contribution in [2.45, 2.75) is 6.42 Å². The van der Waals surface area contributed by atoms with Crippen LogP contribution >= 0.6 is 0 Å². The first-order valence-electron chi connectivity index (χ1n) is 4.42. The summed E-state index contributed by atoms with van der Waals surface area (Å²) in [7, 11) is 0. The van der Waals surface area contributed by atoms with E-state index in [1.54, 1.807) is 0 Å². The fraction of sp³-hybridized carbons (Fsp3) is 0.556. The minimum atomic E-state index is -0.661. The molecule has 2 aliphatic carbocycles. The van der Waals surface area contributed by atoms with E-state index in [2.05, 4.69) is 4.74 Å². The Morgan fingerprint density at radius 1 is 0.786 bits per heavy atom. The van der Waals surface area contributed by atoms with Gasteiger partial charge in [0.25, 0.3) is 0 Å². The van der Waals surface area contributed by atoms with Gasteiger partial charge in [-0.3, -0.25) is 19.2 Å². The molecule has 5 heteroatoms. The molecule has 0 radical (unpaired) electrons. The minimum absolute atomic E-state index is 0.122. The first-order chi connectivity index (χ1) is 6.61. The number of esters is 2. The molecule has 3 aliphatic rings. The van der Waals surface area contributed by atoms with Crippen LogP contribution in [0.2, 0.25) is 0 Å². The molecule has 72 valence electrons. The molecule has 0 aromatic rings. The summed E-state index contributed by atoms with van der Waals surface area (Å²) >= 11 is 0. The third-order valence-corrected chi connectivity index (χ3v) is 3.39. The van der Waals surface area contributed by atoms with Crippen molar-refractivity contribution in [1.82, 2.24) is 0 Å². The third-order valence-electron chi connectivity index (χ3n) is 3.39. The summed E-state index contributed by atoms with van der Waals surface area (Å²) in [5.41, 5.74) is 0. The van der Waals surface area contributed by atoms with Crippen LogP contribution in [0.5, 0.6) is 0 Å². The smallest absolute Gasteiger partial charge is 0.318 e. The van der Waals surface area contributed by atoms with Gasteiger partial charge in [0.15, 0.2) is 0 Å². The van der Waals surface area contributed by atoms with Gasteiger partial charge in [-0.1, -0.05) is 0 Å². The van der Waals surface area contributed by atoms with Crippen molar-refractivity contribution in [3.05, 3.63) is 0 Å². The van der Waals surface area contributed by atoms with Gasteiger partial charge in [-0.2, -0.15) is 0 Å². The van der Waals surface area contributed by atoms with Gasteiger partial charge in [0.1, 0.15) is 11.6 Å². The summed E-state index contributed by atoms with van der Waals surface area (Å²) < 4.78 is 4.40. The molecule has 0 spiro atoms. The Morgan fingerprint density at radius 2 is 1.21 bits per heavy atom. The maximum atomic E-state index is 11.3. The maximum absolute atomic E-state index is 11.3. The van der Waals surface area contributed by atoms with Crippen LogP contribution in [-0.4, -0.2) is 23.5 Å². The average molecular weight is 194 g/mol. The highest BCUT2D eigenvalue weighted by Gasteiger charge is 2.70. The lowest BCUT2D eigenvalue weighted by molar-refractivity contribution is -0.153. The summed E-state index contributed by atoms with van der Waals surface area (Å²) in [5.74, 6) is -4.15. The molecule has 5 nitrogen and oxygen atoms in total. The van der Waals surface area contributed by atoms with Crippen molar-refractivity contribution in [1.29, 1.82) is 0 Å². The normalized spacial score (nSPS) is 44.6. The molecule has 0 bridgehead atoms. The second kappa shape index (κ2) is 2.10. The maximum Gasteiger partial charge on any atom is 0.318 e. The summed E-state index contributed by atoms with van der Waals surface area (Å²) in [6, 6.07) is 0. The van der Waals surface area contributed by atoms with E-state index >= 15 is 0 Å². The van der Waals surface area contributed by atoms with Crippen molar-refractivity contribution < 1.29 is 23.9 Å². The Labute approximate surface area is 78.4 Å². The predicted molar refractivity (Wildman–Crippen MR) is 39.7 cm³/mol. The number of Topliss-reactive ketones (excluding diaryl/α,β-unsaturated/α-hetero) is 2. The molecule has 1 aliphatic heterocycles. The van der Waals surface area contributed by atoms with Crippen LogP contribution in [0.3, 0.4) is 0 Å². The van der Waals surface area contributed by atoms with Gasteiger partial charge in [-0.15, -0.1) is 0 Å². The van der Waals surface area contributed by atoms with Gasteiger partial charge in [-0.05, 0) is 0 Å². The zero-order valence-electron chi connectivity index (χ0n) is 7.06. The summed E-state index contributed by atoms with van der Waals surface area (Å²) in [6.45, 7) is 0. The fourth-order valence-corrected chi connectivity index (χ4v) is 2.78. The highest BCUT2D eigenvalue weighted by Crippen LogP contribution is 2.55. The highest BCUT2D eigenvalue weighted by molar-refractivity contribution is 6.16. The average Bonchev–Trinajstić information content (AvgIpc) is 2.31. The van der Waals surface area contributed by atoms with E-state index in [1.807, 2.05) is 0 Å². The van der Waals surface area contributed by atoms with Gasteiger partial charge < -0.3 is 4.74 Å². The number of hydrogen-bond donors (Lipinski definition) is 0. The molecule has 0 amide bonds. The molecule has 4 atom stereocenters. The van der Waals surface area contributed by atoms with E-state index in [9.17, 15) is 19.2 Å². The molecule has 0 aromatic carbocycles. The SMILES string of the molecule is O=C1CC(=O)C2C1C1C(=O)OC(=O)C21. The number of cyclic esters (lactones) is 2. The number of carbonyl (C=O) groups excluding carboxylic acids is 4. The number of ether oxygens (including phenoxy) is 1. The van der Waals surface area contributed by atoms with Crippen molar-refractivity contribution in [2.24, 2.45) is 23.7 Å². The third kappa shape index (κ3) is 0.636. The second-order valence-corrected chi connectivity index (χ2v) is 3.95. The minimum Gasteiger partial charge on any atom is -0.393 e. The van der Waals surface area contributed by atoms with E-state index in [-0.39, 0.29) is 18.0 Å². The van der Waals surface area contributed by atoms with Crippen LogP contribution < -0.4 is 0 Å². The highest BCUT2D eigenvalue weighted by atomic mass is 16.6. The quantitative estimate of drug-likeness (QED) is 0.368. The topological polar surface area (TPSA) is 77.5 Å². The summed E-state index contributed by atoms with van der Waals surface area (Å²) in [5, 5.41) is 0. The predicted octanol–water partition coefficient (Wildman–Crippen LogP) is -0.910. The lowest BCUT2D eigenvalue weighted by atomic mass is 9.59. The van der Waals surface area contributed by atoms with E-state index in [1.165, 1.54) is 0 Å². The molecule has 0 aromatic heterocycles. The standard InChI is InChI=1S/C9H6O5/c10-2-1-3(11)5-4(2)6-7(5)9(13)14-8(6)12/h4-7H,1H2. The molecule has 3 fully saturated rings. The molecular formula is C9H6O5. The molecule has 2 saturated carbocycles. The monoisotopic (exact) mass is 194 g/mol. The van der Waals surface area contributed by atoms with E-state index in [0.29, 0.717) is 0 Å². The number of rotatable bonds is 0. The summed E-state index contributed by atoms with van der Waals surface area (Å²) in [4.78, 5) is 44.9. The fourth-order valence-electron chi connectivity index (χ4n) is 2.78. The first-order valence-corrected chi connectivity index (χ1v) is 4.42. The van der Waals surface area contributed by atoms with E-state index in [4.69, 9.17) is 0 Å². The van der Waals surface area contributed by atoms with Crippen LogP contribution in [0.15, 0.2) is 0 Å². The van der Waals surface area contributed by atoms with Gasteiger partial charge in [0, 0.05) is 11.8 Å². The van der Waals surface area contributed by atoms with E-state index < -0.39 is 35.6 Å². The van der Waals surface area contributed by atoms with Crippen LogP contribution in [0.1, 0.15) is 6.42 Å². The van der Waals surface area contributed by atoms with Crippen molar-refractivity contribution in [3.63, 3.8) is 0 Å². The Bertz CT molecular complexity index is 314. The van der Waals surface area contributed by atoms with E-state index in [0.717, 1.165) is 0 Å². The lowest BCUT2D eigenvalue weighted by Crippen LogP contribution is -2.50. The Kier molecular flexibility index (Phi) is 1.18. The molecule has 4 unspecified atom stereocenters. The number of carbonyl (C=O) groups is 4. The number of hydrogen-bond acceptors (Lipinski definition) is 5. The van der Waals surface area contributed by atoms with Gasteiger partial charge in [-0.25, -0.2) is 0 Å². The number of fused-ring (bicyclic) bond motifs is 4. The molecule has 1 heterocycles. The second-order valence-electron chi connectivity index (χ2n) is 3.95. The Balaban J connectivity index is 2.03.